The third-order valence-corrected chi connectivity index (χ3v) is 6.04. The van der Waals surface area contributed by atoms with Crippen LogP contribution in [0.25, 0.3) is 0 Å². The third kappa shape index (κ3) is 4.00. The first-order valence-corrected chi connectivity index (χ1v) is 9.08. The van der Waals surface area contributed by atoms with E-state index in [4.69, 9.17) is 11.6 Å². The average Bonchev–Trinajstić information content (AvgIpc) is 2.57. The molecule has 5 nitrogen and oxygen atoms in total. The topological polar surface area (TPSA) is 63.7 Å². The highest BCUT2D eigenvalue weighted by molar-refractivity contribution is 7.89. The molecule has 0 N–H and O–H groups in total. The summed E-state index contributed by atoms with van der Waals surface area (Å²) in [5.41, 5.74) is 0.653. The van der Waals surface area contributed by atoms with Gasteiger partial charge in [-0.2, -0.15) is 4.31 Å². The lowest BCUT2D eigenvalue weighted by atomic mass is 10.1. The van der Waals surface area contributed by atoms with Crippen LogP contribution in [0.4, 0.5) is 4.39 Å². The van der Waals surface area contributed by atoms with Crippen molar-refractivity contribution in [1.82, 2.24) is 4.31 Å². The third-order valence-electron chi connectivity index (χ3n) is 3.74. The molecule has 0 fully saturated rings. The maximum absolute atomic E-state index is 13.9. The van der Waals surface area contributed by atoms with E-state index in [9.17, 15) is 17.6 Å². The summed E-state index contributed by atoms with van der Waals surface area (Å²) < 4.78 is 45.2. The average molecular weight is 386 g/mol. The molecule has 2 rings (SSSR count). The van der Waals surface area contributed by atoms with Crippen LogP contribution in [0.1, 0.15) is 21.5 Å². The molecule has 0 aliphatic rings. The first kappa shape index (κ1) is 19.4. The molecule has 0 aromatic heterocycles. The van der Waals surface area contributed by atoms with Crippen molar-refractivity contribution < 1.29 is 22.3 Å². The SMILES string of the molecule is COC(=O)c1ccc(C)c(S(=O)(=O)N(C)Cc2c(F)cccc2Cl)c1. The van der Waals surface area contributed by atoms with Gasteiger partial charge in [-0.3, -0.25) is 0 Å². The molecule has 25 heavy (non-hydrogen) atoms. The molecule has 8 heteroatoms. The predicted molar refractivity (Wildman–Crippen MR) is 92.6 cm³/mol. The Morgan fingerprint density at radius 2 is 1.96 bits per heavy atom. The number of halogens is 2. The van der Waals surface area contributed by atoms with Gasteiger partial charge in [0, 0.05) is 24.2 Å². The fraction of sp³-hybridized carbons (Fsp3) is 0.235. The first-order valence-electron chi connectivity index (χ1n) is 7.26. The standard InChI is InChI=1S/C17H17ClFNO4S/c1-11-7-8-12(17(21)24-3)9-16(11)25(22,23)20(2)10-13-14(18)5-4-6-15(13)19/h4-9H,10H2,1-3H3. The summed E-state index contributed by atoms with van der Waals surface area (Å²) in [6.45, 7) is 1.37. The molecular formula is C17H17ClFNO4S. The van der Waals surface area contributed by atoms with E-state index in [0.717, 1.165) is 4.31 Å². The Kier molecular flexibility index (Phi) is 5.82. The van der Waals surface area contributed by atoms with Crippen LogP contribution < -0.4 is 0 Å². The molecule has 134 valence electrons. The van der Waals surface area contributed by atoms with E-state index in [1.165, 1.54) is 50.6 Å². The van der Waals surface area contributed by atoms with Crippen molar-refractivity contribution in [1.29, 1.82) is 0 Å². The minimum atomic E-state index is -3.97. The van der Waals surface area contributed by atoms with Crippen LogP contribution in [0.5, 0.6) is 0 Å². The minimum absolute atomic E-state index is 0.0506. The zero-order valence-corrected chi connectivity index (χ0v) is 15.5. The van der Waals surface area contributed by atoms with Gasteiger partial charge in [0.25, 0.3) is 0 Å². The number of carbonyl (C=O) groups is 1. The molecule has 2 aromatic carbocycles. The Balaban J connectivity index is 2.43. The van der Waals surface area contributed by atoms with E-state index in [1.54, 1.807) is 6.92 Å². The highest BCUT2D eigenvalue weighted by Crippen LogP contribution is 2.25. The van der Waals surface area contributed by atoms with Crippen LogP contribution in [-0.2, 0) is 21.3 Å². The summed E-state index contributed by atoms with van der Waals surface area (Å²) in [6.07, 6.45) is 0. The fourth-order valence-corrected chi connectivity index (χ4v) is 3.89. The number of rotatable bonds is 5. The largest absolute Gasteiger partial charge is 0.465 e. The number of hydrogen-bond acceptors (Lipinski definition) is 4. The normalized spacial score (nSPS) is 11.6. The lowest BCUT2D eigenvalue weighted by molar-refractivity contribution is 0.0600. The van der Waals surface area contributed by atoms with Crippen molar-refractivity contribution in [2.45, 2.75) is 18.4 Å². The summed E-state index contributed by atoms with van der Waals surface area (Å²) in [7, 11) is -1.43. The van der Waals surface area contributed by atoms with Crippen molar-refractivity contribution in [3.63, 3.8) is 0 Å². The second kappa shape index (κ2) is 7.51. The smallest absolute Gasteiger partial charge is 0.337 e. The fourth-order valence-electron chi connectivity index (χ4n) is 2.28. The summed E-state index contributed by atoms with van der Waals surface area (Å²) in [6, 6.07) is 8.39. The van der Waals surface area contributed by atoms with Crippen LogP contribution in [0.3, 0.4) is 0 Å². The number of aryl methyl sites for hydroxylation is 1. The van der Waals surface area contributed by atoms with Crippen LogP contribution in [0, 0.1) is 12.7 Å². The summed E-state index contributed by atoms with van der Waals surface area (Å²) >= 11 is 5.96. The van der Waals surface area contributed by atoms with Gasteiger partial charge in [-0.05, 0) is 36.8 Å². The van der Waals surface area contributed by atoms with Gasteiger partial charge in [-0.15, -0.1) is 0 Å². The molecule has 2 aromatic rings. The summed E-state index contributed by atoms with van der Waals surface area (Å²) in [5.74, 6) is -1.23. The maximum Gasteiger partial charge on any atom is 0.337 e. The zero-order chi connectivity index (χ0) is 18.8. The quantitative estimate of drug-likeness (QED) is 0.740. The number of hydrogen-bond donors (Lipinski definition) is 0. The van der Waals surface area contributed by atoms with E-state index in [-0.39, 0.29) is 27.6 Å². The monoisotopic (exact) mass is 385 g/mol. The second-order valence-electron chi connectivity index (χ2n) is 5.43. The van der Waals surface area contributed by atoms with Gasteiger partial charge in [0.2, 0.25) is 10.0 Å². The van der Waals surface area contributed by atoms with Gasteiger partial charge in [0.05, 0.1) is 17.6 Å². The number of esters is 1. The van der Waals surface area contributed by atoms with E-state index >= 15 is 0 Å². The van der Waals surface area contributed by atoms with Crippen LogP contribution >= 0.6 is 11.6 Å². The molecule has 0 aliphatic carbocycles. The van der Waals surface area contributed by atoms with Gasteiger partial charge >= 0.3 is 5.97 Å². The van der Waals surface area contributed by atoms with Gasteiger partial charge in [0.15, 0.2) is 0 Å². The molecule has 0 radical (unpaired) electrons. The molecule has 0 saturated carbocycles. The first-order chi connectivity index (χ1) is 11.7. The summed E-state index contributed by atoms with van der Waals surface area (Å²) in [4.78, 5) is 11.6. The zero-order valence-electron chi connectivity index (χ0n) is 13.9. The number of methoxy groups -OCH3 is 1. The Bertz CT molecular complexity index is 895. The van der Waals surface area contributed by atoms with E-state index in [2.05, 4.69) is 4.74 Å². The highest BCUT2D eigenvalue weighted by Gasteiger charge is 2.26. The minimum Gasteiger partial charge on any atom is -0.465 e. The molecule has 0 spiro atoms. The molecule has 0 amide bonds. The molecular weight excluding hydrogens is 369 g/mol. The van der Waals surface area contributed by atoms with Crippen molar-refractivity contribution in [3.05, 3.63) is 63.9 Å². The molecule has 0 heterocycles. The van der Waals surface area contributed by atoms with Gasteiger partial charge in [-0.25, -0.2) is 17.6 Å². The van der Waals surface area contributed by atoms with Crippen LogP contribution in [0.15, 0.2) is 41.3 Å². The number of nitrogens with zero attached hydrogens (tertiary/aromatic N) is 1. The Morgan fingerprint density at radius 1 is 1.28 bits per heavy atom. The Hall–Kier alpha value is -1.96. The number of carbonyl (C=O) groups excluding carboxylic acids is 1. The Morgan fingerprint density at radius 3 is 2.56 bits per heavy atom. The summed E-state index contributed by atoms with van der Waals surface area (Å²) in [5, 5.41) is 0.141. The van der Waals surface area contributed by atoms with Crippen molar-refractivity contribution >= 4 is 27.6 Å². The lowest BCUT2D eigenvalue weighted by Crippen LogP contribution is -2.28. The maximum atomic E-state index is 13.9. The molecule has 0 bridgehead atoms. The van der Waals surface area contributed by atoms with Crippen LogP contribution in [0.2, 0.25) is 5.02 Å². The van der Waals surface area contributed by atoms with Gasteiger partial charge in [0.1, 0.15) is 5.82 Å². The van der Waals surface area contributed by atoms with E-state index in [1.807, 2.05) is 0 Å². The number of ether oxygens (including phenoxy) is 1. The second-order valence-corrected chi connectivity index (χ2v) is 7.85. The molecule has 0 unspecified atom stereocenters. The number of benzene rings is 2. The van der Waals surface area contributed by atoms with Crippen molar-refractivity contribution in [3.8, 4) is 0 Å². The Labute approximate surface area is 151 Å². The van der Waals surface area contributed by atoms with Crippen molar-refractivity contribution in [2.24, 2.45) is 0 Å². The molecule has 0 saturated heterocycles. The van der Waals surface area contributed by atoms with Crippen molar-refractivity contribution in [2.75, 3.05) is 14.2 Å². The van der Waals surface area contributed by atoms with Crippen LogP contribution in [-0.4, -0.2) is 32.8 Å². The molecule has 0 aliphatic heterocycles. The highest BCUT2D eigenvalue weighted by atomic mass is 35.5. The van der Waals surface area contributed by atoms with E-state index in [0.29, 0.717) is 5.56 Å². The molecule has 0 atom stereocenters. The van der Waals surface area contributed by atoms with E-state index < -0.39 is 21.8 Å². The van der Waals surface area contributed by atoms with Gasteiger partial charge < -0.3 is 4.74 Å². The lowest BCUT2D eigenvalue weighted by Gasteiger charge is -2.20. The number of sulfonamides is 1. The van der Waals surface area contributed by atoms with Gasteiger partial charge in [-0.1, -0.05) is 23.7 Å². The predicted octanol–water partition coefficient (Wildman–Crippen LogP) is 3.39.